The van der Waals surface area contributed by atoms with Gasteiger partial charge in [0.05, 0.1) is 12.4 Å². The van der Waals surface area contributed by atoms with Crippen molar-refractivity contribution in [1.29, 1.82) is 0 Å². The molecule has 0 aromatic heterocycles. The molecular formula is C11H9ClF3NO2S. The van der Waals surface area contributed by atoms with E-state index in [2.05, 4.69) is 0 Å². The Morgan fingerprint density at radius 3 is 2.47 bits per heavy atom. The molecule has 1 aromatic carbocycles. The van der Waals surface area contributed by atoms with E-state index in [-0.39, 0.29) is 22.5 Å². The minimum absolute atomic E-state index is 0.0673. The predicted molar refractivity (Wildman–Crippen MR) is 66.7 cm³/mol. The third-order valence-corrected chi connectivity index (χ3v) is 3.51. The molecule has 1 heterocycles. The van der Waals surface area contributed by atoms with E-state index in [0.717, 1.165) is 0 Å². The van der Waals surface area contributed by atoms with Crippen molar-refractivity contribution in [2.75, 3.05) is 17.3 Å². The number of halogens is 4. The van der Waals surface area contributed by atoms with Crippen LogP contribution in [0, 0.1) is 0 Å². The number of ether oxygens (including phenoxy) is 1. The fourth-order valence-corrected chi connectivity index (χ4v) is 2.34. The molecule has 19 heavy (non-hydrogen) atoms. The maximum Gasteiger partial charge on any atom is 0.446 e. The van der Waals surface area contributed by atoms with Crippen LogP contribution in [0.3, 0.4) is 0 Å². The standard InChI is InChI=1S/C11H9ClF3NO2S/c12-5-8-6-16(10(17)18-8)7-1-3-9(4-2-7)19-11(13,14)15/h1-4,8H,5-6H2. The van der Waals surface area contributed by atoms with Crippen molar-refractivity contribution >= 4 is 35.1 Å². The fraction of sp³-hybridized carbons (Fsp3) is 0.364. The second-order valence-electron chi connectivity index (χ2n) is 3.81. The van der Waals surface area contributed by atoms with Gasteiger partial charge in [-0.05, 0) is 36.0 Å². The lowest BCUT2D eigenvalue weighted by Crippen LogP contribution is -2.24. The molecule has 0 N–H and O–H groups in total. The van der Waals surface area contributed by atoms with Crippen LogP contribution in [0.4, 0.5) is 23.7 Å². The zero-order valence-corrected chi connectivity index (χ0v) is 11.1. The van der Waals surface area contributed by atoms with Crippen molar-refractivity contribution < 1.29 is 22.7 Å². The summed E-state index contributed by atoms with van der Waals surface area (Å²) in [6.07, 6.45) is -0.930. The number of hydrogen-bond donors (Lipinski definition) is 0. The summed E-state index contributed by atoms with van der Waals surface area (Å²) in [4.78, 5) is 12.9. The number of carbonyl (C=O) groups excluding carboxylic acids is 1. The van der Waals surface area contributed by atoms with Gasteiger partial charge in [0.1, 0.15) is 6.10 Å². The van der Waals surface area contributed by atoms with Crippen LogP contribution in [-0.4, -0.2) is 30.1 Å². The quantitative estimate of drug-likeness (QED) is 0.627. The van der Waals surface area contributed by atoms with Gasteiger partial charge in [0, 0.05) is 10.6 Å². The minimum Gasteiger partial charge on any atom is -0.443 e. The summed E-state index contributed by atoms with van der Waals surface area (Å²) in [6.45, 7) is 0.300. The number of amides is 1. The molecule has 1 amide bonds. The Kier molecular flexibility index (Phi) is 4.15. The second-order valence-corrected chi connectivity index (χ2v) is 5.26. The van der Waals surface area contributed by atoms with E-state index in [1.54, 1.807) is 0 Å². The van der Waals surface area contributed by atoms with E-state index in [0.29, 0.717) is 12.2 Å². The fourth-order valence-electron chi connectivity index (χ4n) is 1.64. The molecule has 104 valence electrons. The predicted octanol–water partition coefficient (Wildman–Crippen LogP) is 3.86. The zero-order valence-electron chi connectivity index (χ0n) is 9.48. The van der Waals surface area contributed by atoms with E-state index in [9.17, 15) is 18.0 Å². The number of nitrogens with zero attached hydrogens (tertiary/aromatic N) is 1. The van der Waals surface area contributed by atoms with Crippen LogP contribution >= 0.6 is 23.4 Å². The van der Waals surface area contributed by atoms with Gasteiger partial charge in [-0.3, -0.25) is 4.90 Å². The molecule has 0 aliphatic carbocycles. The number of thioether (sulfide) groups is 1. The third kappa shape index (κ3) is 3.70. The van der Waals surface area contributed by atoms with Gasteiger partial charge in [0.2, 0.25) is 0 Å². The lowest BCUT2D eigenvalue weighted by molar-refractivity contribution is -0.0328. The Morgan fingerprint density at radius 1 is 1.37 bits per heavy atom. The number of carbonyl (C=O) groups is 1. The summed E-state index contributed by atoms with van der Waals surface area (Å²) < 4.78 is 41.5. The molecule has 2 rings (SSSR count). The first-order chi connectivity index (χ1) is 8.89. The van der Waals surface area contributed by atoms with Crippen LogP contribution in [0.2, 0.25) is 0 Å². The molecule has 8 heteroatoms. The maximum atomic E-state index is 12.2. The van der Waals surface area contributed by atoms with Crippen molar-refractivity contribution in [1.82, 2.24) is 0 Å². The SMILES string of the molecule is O=C1OC(CCl)CN1c1ccc(SC(F)(F)F)cc1. The van der Waals surface area contributed by atoms with Gasteiger partial charge in [0.25, 0.3) is 0 Å². The van der Waals surface area contributed by atoms with Crippen LogP contribution in [-0.2, 0) is 4.74 Å². The van der Waals surface area contributed by atoms with Crippen LogP contribution in [0.5, 0.6) is 0 Å². The van der Waals surface area contributed by atoms with Crippen molar-refractivity contribution in [2.24, 2.45) is 0 Å². The topological polar surface area (TPSA) is 29.5 Å². The van der Waals surface area contributed by atoms with E-state index < -0.39 is 17.7 Å². The van der Waals surface area contributed by atoms with Gasteiger partial charge in [0.15, 0.2) is 0 Å². The molecule has 3 nitrogen and oxygen atoms in total. The molecule has 0 bridgehead atoms. The summed E-state index contributed by atoms with van der Waals surface area (Å²) in [7, 11) is 0. The summed E-state index contributed by atoms with van der Waals surface area (Å²) in [5.74, 6) is 0.185. The van der Waals surface area contributed by atoms with E-state index >= 15 is 0 Å². The van der Waals surface area contributed by atoms with Gasteiger partial charge in [-0.1, -0.05) is 0 Å². The van der Waals surface area contributed by atoms with Crippen molar-refractivity contribution in [3.63, 3.8) is 0 Å². The average Bonchev–Trinajstić information content (AvgIpc) is 2.70. The lowest BCUT2D eigenvalue weighted by Gasteiger charge is -2.13. The summed E-state index contributed by atoms with van der Waals surface area (Å²) in [5.41, 5.74) is -3.83. The minimum atomic E-state index is -4.32. The largest absolute Gasteiger partial charge is 0.446 e. The van der Waals surface area contributed by atoms with Crippen LogP contribution in [0.25, 0.3) is 0 Å². The molecular weight excluding hydrogens is 303 g/mol. The van der Waals surface area contributed by atoms with Crippen LogP contribution in [0.1, 0.15) is 0 Å². The first-order valence-electron chi connectivity index (χ1n) is 5.29. The highest BCUT2D eigenvalue weighted by molar-refractivity contribution is 8.00. The Balaban J connectivity index is 2.08. The van der Waals surface area contributed by atoms with E-state index in [1.807, 2.05) is 0 Å². The summed E-state index contributed by atoms with van der Waals surface area (Å²) in [5, 5.41) is 0. The molecule has 1 aliphatic heterocycles. The van der Waals surface area contributed by atoms with Gasteiger partial charge in [-0.25, -0.2) is 4.79 Å². The number of rotatable bonds is 3. The molecule has 1 unspecified atom stereocenters. The molecule has 1 atom stereocenters. The van der Waals surface area contributed by atoms with Gasteiger partial charge in [-0.2, -0.15) is 13.2 Å². The lowest BCUT2D eigenvalue weighted by atomic mass is 10.3. The van der Waals surface area contributed by atoms with Crippen molar-refractivity contribution in [2.45, 2.75) is 16.5 Å². The first kappa shape index (κ1) is 14.3. The van der Waals surface area contributed by atoms with Crippen molar-refractivity contribution in [3.8, 4) is 0 Å². The zero-order chi connectivity index (χ0) is 14.0. The highest BCUT2D eigenvalue weighted by Crippen LogP contribution is 2.37. The van der Waals surface area contributed by atoms with Crippen LogP contribution in [0.15, 0.2) is 29.2 Å². The number of cyclic esters (lactones) is 1. The molecule has 1 aliphatic rings. The summed E-state index contributed by atoms with van der Waals surface area (Å²) in [6, 6.07) is 5.53. The third-order valence-electron chi connectivity index (χ3n) is 2.43. The first-order valence-corrected chi connectivity index (χ1v) is 6.64. The number of benzene rings is 1. The Morgan fingerprint density at radius 2 is 2.00 bits per heavy atom. The Bertz CT molecular complexity index is 466. The Hall–Kier alpha value is -1.08. The molecule has 0 spiro atoms. The molecule has 1 saturated heterocycles. The van der Waals surface area contributed by atoms with E-state index in [4.69, 9.17) is 16.3 Å². The number of alkyl halides is 4. The molecule has 0 saturated carbocycles. The van der Waals surface area contributed by atoms with Crippen LogP contribution < -0.4 is 4.90 Å². The normalized spacial score (nSPS) is 19.7. The van der Waals surface area contributed by atoms with Gasteiger partial charge >= 0.3 is 11.6 Å². The smallest absolute Gasteiger partial charge is 0.443 e. The Labute approximate surface area is 116 Å². The molecule has 0 radical (unpaired) electrons. The monoisotopic (exact) mass is 311 g/mol. The summed E-state index contributed by atoms with van der Waals surface area (Å²) >= 11 is 5.39. The second kappa shape index (κ2) is 5.50. The van der Waals surface area contributed by atoms with E-state index in [1.165, 1.54) is 29.2 Å². The molecule has 1 aromatic rings. The van der Waals surface area contributed by atoms with Gasteiger partial charge in [-0.15, -0.1) is 11.6 Å². The number of anilines is 1. The average molecular weight is 312 g/mol. The maximum absolute atomic E-state index is 12.2. The van der Waals surface area contributed by atoms with Crippen molar-refractivity contribution in [3.05, 3.63) is 24.3 Å². The number of hydrogen-bond acceptors (Lipinski definition) is 3. The highest BCUT2D eigenvalue weighted by Gasteiger charge is 2.32. The molecule has 1 fully saturated rings. The van der Waals surface area contributed by atoms with Gasteiger partial charge < -0.3 is 4.74 Å². The highest BCUT2D eigenvalue weighted by atomic mass is 35.5.